The van der Waals surface area contributed by atoms with Gasteiger partial charge in [0.15, 0.2) is 6.29 Å². The van der Waals surface area contributed by atoms with Crippen LogP contribution in [0.2, 0.25) is 0 Å². The van der Waals surface area contributed by atoms with Crippen LogP contribution < -0.4 is 5.32 Å². The largest absolute Gasteiger partial charge is 0.394 e. The molecule has 7 heteroatoms. The number of hydrogen-bond donors (Lipinski definition) is 5. The second kappa shape index (κ2) is 4.86. The molecule has 0 aromatic heterocycles. The summed E-state index contributed by atoms with van der Waals surface area (Å²) < 4.78 is 4.73. The van der Waals surface area contributed by atoms with Crippen LogP contribution in [0.1, 0.15) is 6.92 Å². The fourth-order valence-corrected chi connectivity index (χ4v) is 1.51. The second-order valence-corrected chi connectivity index (χ2v) is 3.46. The highest BCUT2D eigenvalue weighted by Crippen LogP contribution is 2.19. The molecular formula is C8H15NO6. The van der Waals surface area contributed by atoms with Crippen LogP contribution >= 0.6 is 0 Å². The van der Waals surface area contributed by atoms with E-state index in [1.165, 1.54) is 6.92 Å². The Bertz CT molecular complexity index is 235. The normalized spacial score (nSPS) is 41.3. The number of aliphatic hydroxyl groups is 4. The molecule has 15 heavy (non-hydrogen) atoms. The van der Waals surface area contributed by atoms with E-state index in [1.807, 2.05) is 0 Å². The Kier molecular flexibility index (Phi) is 4.00. The van der Waals surface area contributed by atoms with Crippen molar-refractivity contribution in [3.63, 3.8) is 0 Å². The van der Waals surface area contributed by atoms with Crippen molar-refractivity contribution in [2.75, 3.05) is 6.61 Å². The highest BCUT2D eigenvalue weighted by molar-refractivity contribution is 5.73. The summed E-state index contributed by atoms with van der Waals surface area (Å²) in [6, 6.07) is -1.05. The highest BCUT2D eigenvalue weighted by atomic mass is 16.6. The van der Waals surface area contributed by atoms with Crippen LogP contribution in [0.25, 0.3) is 0 Å². The van der Waals surface area contributed by atoms with Crippen molar-refractivity contribution in [1.29, 1.82) is 0 Å². The molecule has 5 N–H and O–H groups in total. The van der Waals surface area contributed by atoms with Crippen molar-refractivity contribution >= 4 is 5.91 Å². The van der Waals surface area contributed by atoms with Crippen LogP contribution in [0.3, 0.4) is 0 Å². The third-order valence-electron chi connectivity index (χ3n) is 2.27. The Morgan fingerprint density at radius 1 is 1.33 bits per heavy atom. The maximum absolute atomic E-state index is 10.8. The van der Waals surface area contributed by atoms with Gasteiger partial charge in [0.25, 0.3) is 0 Å². The fourth-order valence-electron chi connectivity index (χ4n) is 1.51. The molecule has 0 aliphatic carbocycles. The molecule has 1 heterocycles. The summed E-state index contributed by atoms with van der Waals surface area (Å²) >= 11 is 0. The third-order valence-corrected chi connectivity index (χ3v) is 2.27. The maximum atomic E-state index is 10.8. The van der Waals surface area contributed by atoms with Crippen molar-refractivity contribution in [1.82, 2.24) is 5.32 Å². The van der Waals surface area contributed by atoms with E-state index < -0.39 is 43.2 Å². The topological polar surface area (TPSA) is 119 Å². The van der Waals surface area contributed by atoms with Crippen LogP contribution in [0.15, 0.2) is 0 Å². The van der Waals surface area contributed by atoms with Gasteiger partial charge < -0.3 is 30.5 Å². The Hall–Kier alpha value is -0.730. The van der Waals surface area contributed by atoms with Crippen LogP contribution in [-0.2, 0) is 9.53 Å². The molecule has 0 spiro atoms. The molecule has 1 aliphatic rings. The third kappa shape index (κ3) is 2.64. The molecule has 0 radical (unpaired) electrons. The zero-order valence-electron chi connectivity index (χ0n) is 8.20. The Morgan fingerprint density at radius 2 is 1.93 bits per heavy atom. The molecule has 0 unspecified atom stereocenters. The van der Waals surface area contributed by atoms with Crippen LogP contribution in [-0.4, -0.2) is 63.6 Å². The molecule has 0 aromatic rings. The first-order chi connectivity index (χ1) is 6.97. The average molecular weight is 221 g/mol. The average Bonchev–Trinajstić information content (AvgIpc) is 2.18. The van der Waals surface area contributed by atoms with Gasteiger partial charge in [-0.3, -0.25) is 4.79 Å². The van der Waals surface area contributed by atoms with Crippen LogP contribution in [0.4, 0.5) is 0 Å². The minimum atomic E-state index is -1.54. The predicted octanol–water partition coefficient (Wildman–Crippen LogP) is -3.08. The number of carbonyl (C=O) groups excluding carboxylic acids is 1. The SMILES string of the molecule is CC(=O)N[C@@H]1[C@H](O)[C@H](O)O[C@@H](CO)[C@H]1O. The molecule has 0 bridgehead atoms. The first-order valence-corrected chi connectivity index (χ1v) is 4.55. The number of nitrogens with one attached hydrogen (secondary N) is 1. The molecule has 0 aromatic carbocycles. The molecule has 5 atom stereocenters. The maximum Gasteiger partial charge on any atom is 0.217 e. The summed E-state index contributed by atoms with van der Waals surface area (Å²) in [7, 11) is 0. The van der Waals surface area contributed by atoms with Gasteiger partial charge in [-0.2, -0.15) is 0 Å². The molecule has 1 aliphatic heterocycles. The summed E-state index contributed by atoms with van der Waals surface area (Å²) in [4.78, 5) is 10.8. The van der Waals surface area contributed by atoms with Crippen molar-refractivity contribution in [2.45, 2.75) is 37.6 Å². The lowest BCUT2D eigenvalue weighted by atomic mass is 9.96. The molecule has 1 fully saturated rings. The summed E-state index contributed by atoms with van der Waals surface area (Å²) in [5, 5.41) is 39.4. The van der Waals surface area contributed by atoms with E-state index in [4.69, 9.17) is 9.84 Å². The van der Waals surface area contributed by atoms with Gasteiger partial charge in [0.1, 0.15) is 18.3 Å². The van der Waals surface area contributed by atoms with E-state index in [-0.39, 0.29) is 0 Å². The van der Waals surface area contributed by atoms with Gasteiger partial charge in [-0.05, 0) is 0 Å². The number of rotatable bonds is 2. The van der Waals surface area contributed by atoms with Crippen LogP contribution in [0, 0.1) is 0 Å². The van der Waals surface area contributed by atoms with E-state index in [1.54, 1.807) is 0 Å². The lowest BCUT2D eigenvalue weighted by Crippen LogP contribution is -2.64. The fraction of sp³-hybridized carbons (Fsp3) is 0.875. The standard InChI is InChI=1S/C8H15NO6/c1-3(11)9-5-6(12)4(2-10)15-8(14)7(5)13/h4-8,10,12-14H,2H2,1H3,(H,9,11)/t4-,5-,6+,7-,8+/m0/s1. The molecule has 0 saturated carbocycles. The minimum absolute atomic E-state index is 0.455. The van der Waals surface area contributed by atoms with E-state index in [2.05, 4.69) is 5.32 Å². The molecular weight excluding hydrogens is 206 g/mol. The number of ether oxygens (including phenoxy) is 1. The van der Waals surface area contributed by atoms with Crippen molar-refractivity contribution in [3.05, 3.63) is 0 Å². The van der Waals surface area contributed by atoms with Crippen LogP contribution in [0.5, 0.6) is 0 Å². The number of aliphatic hydroxyl groups excluding tert-OH is 4. The Balaban J connectivity index is 2.74. The second-order valence-electron chi connectivity index (χ2n) is 3.46. The smallest absolute Gasteiger partial charge is 0.217 e. The van der Waals surface area contributed by atoms with Gasteiger partial charge in [-0.25, -0.2) is 0 Å². The quantitative estimate of drug-likeness (QED) is 0.337. The van der Waals surface area contributed by atoms with Crippen molar-refractivity contribution < 1.29 is 30.0 Å². The minimum Gasteiger partial charge on any atom is -0.394 e. The van der Waals surface area contributed by atoms with E-state index >= 15 is 0 Å². The monoisotopic (exact) mass is 221 g/mol. The molecule has 1 rings (SSSR count). The summed E-state index contributed by atoms with van der Waals surface area (Å²) in [5.41, 5.74) is 0. The van der Waals surface area contributed by atoms with E-state index in [0.717, 1.165) is 0 Å². The lowest BCUT2D eigenvalue weighted by molar-refractivity contribution is -0.261. The lowest BCUT2D eigenvalue weighted by Gasteiger charge is -2.40. The number of amides is 1. The van der Waals surface area contributed by atoms with Gasteiger partial charge in [0.2, 0.25) is 5.91 Å². The molecule has 88 valence electrons. The number of carbonyl (C=O) groups is 1. The van der Waals surface area contributed by atoms with E-state index in [0.29, 0.717) is 0 Å². The van der Waals surface area contributed by atoms with E-state index in [9.17, 15) is 20.1 Å². The van der Waals surface area contributed by atoms with Gasteiger partial charge in [0, 0.05) is 6.92 Å². The summed E-state index contributed by atoms with van der Waals surface area (Å²) in [6.45, 7) is 0.705. The molecule has 1 saturated heterocycles. The molecule has 1 amide bonds. The van der Waals surface area contributed by atoms with Gasteiger partial charge in [-0.15, -0.1) is 0 Å². The predicted molar refractivity (Wildman–Crippen MR) is 47.6 cm³/mol. The number of hydrogen-bond acceptors (Lipinski definition) is 6. The van der Waals surface area contributed by atoms with Crippen molar-refractivity contribution in [2.24, 2.45) is 0 Å². The van der Waals surface area contributed by atoms with Gasteiger partial charge in [0.05, 0.1) is 12.6 Å². The first kappa shape index (κ1) is 12.3. The van der Waals surface area contributed by atoms with Gasteiger partial charge >= 0.3 is 0 Å². The summed E-state index contributed by atoms with van der Waals surface area (Å²) in [5.74, 6) is -0.455. The van der Waals surface area contributed by atoms with Gasteiger partial charge in [-0.1, -0.05) is 0 Å². The first-order valence-electron chi connectivity index (χ1n) is 4.55. The zero-order valence-corrected chi connectivity index (χ0v) is 8.20. The zero-order chi connectivity index (χ0) is 11.6. The Labute approximate surface area is 86.3 Å². The Morgan fingerprint density at radius 3 is 2.40 bits per heavy atom. The summed E-state index contributed by atoms with van der Waals surface area (Å²) in [6.07, 6.45) is -5.26. The van der Waals surface area contributed by atoms with Crippen molar-refractivity contribution in [3.8, 4) is 0 Å². The highest BCUT2D eigenvalue weighted by Gasteiger charge is 2.43. The molecule has 7 nitrogen and oxygen atoms in total.